The van der Waals surface area contributed by atoms with E-state index in [2.05, 4.69) is 41.4 Å². The average Bonchev–Trinajstić information content (AvgIpc) is 2.79. The number of amides is 2. The molecule has 1 aromatic rings. The number of nitrogens with two attached hydrogens (primary N) is 1. The quantitative estimate of drug-likeness (QED) is 0.846. The lowest BCUT2D eigenvalue weighted by Gasteiger charge is -2.19. The number of nitrogens with zero attached hydrogens (tertiary/aromatic N) is 1. The van der Waals surface area contributed by atoms with E-state index >= 15 is 0 Å². The Morgan fingerprint density at radius 2 is 2.10 bits per heavy atom. The zero-order valence-corrected chi connectivity index (χ0v) is 12.1. The molecule has 1 aromatic carbocycles. The molecule has 0 aromatic heterocycles. The van der Waals surface area contributed by atoms with Gasteiger partial charge in [0.15, 0.2) is 0 Å². The van der Waals surface area contributed by atoms with Gasteiger partial charge < -0.3 is 15.8 Å². The Morgan fingerprint density at radius 3 is 2.70 bits per heavy atom. The predicted molar refractivity (Wildman–Crippen MR) is 78.7 cm³/mol. The SMILES string of the molecule is COCCN1C[C@@H](NC(N)=O)[C@H](c2ccc(C)cc2)C1. The highest BCUT2D eigenvalue weighted by atomic mass is 16.5. The third-order valence-electron chi connectivity index (χ3n) is 3.84. The lowest BCUT2D eigenvalue weighted by atomic mass is 9.94. The number of aryl methyl sites for hydroxylation is 1. The lowest BCUT2D eigenvalue weighted by Crippen LogP contribution is -2.42. The van der Waals surface area contributed by atoms with E-state index < -0.39 is 6.03 Å². The van der Waals surface area contributed by atoms with Gasteiger partial charge in [0.05, 0.1) is 12.6 Å². The molecule has 0 saturated carbocycles. The van der Waals surface area contributed by atoms with E-state index in [0.29, 0.717) is 6.61 Å². The minimum absolute atomic E-state index is 0.0621. The van der Waals surface area contributed by atoms with Crippen molar-refractivity contribution in [1.82, 2.24) is 10.2 Å². The molecule has 20 heavy (non-hydrogen) atoms. The number of nitrogens with one attached hydrogen (secondary N) is 1. The lowest BCUT2D eigenvalue weighted by molar-refractivity contribution is 0.159. The molecular weight excluding hydrogens is 254 g/mol. The van der Waals surface area contributed by atoms with Gasteiger partial charge in [0, 0.05) is 32.7 Å². The first-order valence-electron chi connectivity index (χ1n) is 6.94. The first-order chi connectivity index (χ1) is 9.60. The van der Waals surface area contributed by atoms with Crippen LogP contribution in [0.3, 0.4) is 0 Å². The van der Waals surface area contributed by atoms with E-state index in [0.717, 1.165) is 19.6 Å². The van der Waals surface area contributed by atoms with E-state index in [4.69, 9.17) is 10.5 Å². The van der Waals surface area contributed by atoms with Gasteiger partial charge in [0.1, 0.15) is 0 Å². The Bertz CT molecular complexity index is 447. The van der Waals surface area contributed by atoms with Crippen LogP contribution in [0.15, 0.2) is 24.3 Å². The van der Waals surface area contributed by atoms with Crippen molar-refractivity contribution < 1.29 is 9.53 Å². The van der Waals surface area contributed by atoms with Gasteiger partial charge in [-0.1, -0.05) is 29.8 Å². The minimum Gasteiger partial charge on any atom is -0.383 e. The molecule has 0 bridgehead atoms. The molecule has 2 rings (SSSR count). The molecule has 2 amide bonds. The summed E-state index contributed by atoms with van der Waals surface area (Å²) in [6.07, 6.45) is 0. The second kappa shape index (κ2) is 6.72. The first kappa shape index (κ1) is 14.8. The molecule has 1 saturated heterocycles. The fraction of sp³-hybridized carbons (Fsp3) is 0.533. The van der Waals surface area contributed by atoms with Crippen molar-refractivity contribution in [3.63, 3.8) is 0 Å². The number of carbonyl (C=O) groups is 1. The van der Waals surface area contributed by atoms with Crippen LogP contribution >= 0.6 is 0 Å². The second-order valence-corrected chi connectivity index (χ2v) is 5.38. The topological polar surface area (TPSA) is 67.6 Å². The summed E-state index contributed by atoms with van der Waals surface area (Å²) in [6.45, 7) is 5.37. The standard InChI is InChI=1S/C15H23N3O2/c1-11-3-5-12(6-4-11)13-9-18(7-8-20-2)10-14(13)17-15(16)19/h3-6,13-14H,7-10H2,1-2H3,(H3,16,17,19)/t13-,14+/m0/s1. The van der Waals surface area contributed by atoms with Crippen molar-refractivity contribution in [2.45, 2.75) is 18.9 Å². The maximum absolute atomic E-state index is 11.2. The number of urea groups is 1. The molecule has 3 N–H and O–H groups in total. The molecule has 110 valence electrons. The van der Waals surface area contributed by atoms with Gasteiger partial charge in [-0.05, 0) is 12.5 Å². The summed E-state index contributed by atoms with van der Waals surface area (Å²) in [5, 5.41) is 2.87. The van der Waals surface area contributed by atoms with Gasteiger partial charge in [-0.3, -0.25) is 4.90 Å². The molecule has 5 heteroatoms. The van der Waals surface area contributed by atoms with Crippen molar-refractivity contribution >= 4 is 6.03 Å². The Labute approximate surface area is 120 Å². The van der Waals surface area contributed by atoms with Crippen molar-refractivity contribution in [3.8, 4) is 0 Å². The largest absolute Gasteiger partial charge is 0.383 e. The van der Waals surface area contributed by atoms with Crippen molar-refractivity contribution in [1.29, 1.82) is 0 Å². The Balaban J connectivity index is 2.10. The fourth-order valence-corrected chi connectivity index (χ4v) is 2.77. The van der Waals surface area contributed by atoms with Crippen molar-refractivity contribution in [2.24, 2.45) is 5.73 Å². The normalized spacial score (nSPS) is 22.9. The highest BCUT2D eigenvalue weighted by molar-refractivity contribution is 5.72. The summed E-state index contributed by atoms with van der Waals surface area (Å²) in [6, 6.07) is 8.08. The number of rotatable bonds is 5. The molecular formula is C15H23N3O2. The number of likely N-dealkylation sites (tertiary alicyclic amines) is 1. The molecule has 1 fully saturated rings. The van der Waals surface area contributed by atoms with Gasteiger partial charge in [0.25, 0.3) is 0 Å². The van der Waals surface area contributed by atoms with Gasteiger partial charge in [-0.25, -0.2) is 4.79 Å². The maximum Gasteiger partial charge on any atom is 0.312 e. The molecule has 0 radical (unpaired) electrons. The Kier molecular flexibility index (Phi) is 4.98. The maximum atomic E-state index is 11.2. The van der Waals surface area contributed by atoms with Crippen LogP contribution < -0.4 is 11.1 Å². The van der Waals surface area contributed by atoms with Gasteiger partial charge >= 0.3 is 6.03 Å². The number of hydrogen-bond acceptors (Lipinski definition) is 3. The summed E-state index contributed by atoms with van der Waals surface area (Å²) < 4.78 is 5.12. The Morgan fingerprint density at radius 1 is 1.40 bits per heavy atom. The number of methoxy groups -OCH3 is 1. The van der Waals surface area contributed by atoms with Crippen LogP contribution in [-0.2, 0) is 4.74 Å². The molecule has 1 heterocycles. The summed E-state index contributed by atoms with van der Waals surface area (Å²) >= 11 is 0. The van der Waals surface area contributed by atoms with Crippen LogP contribution in [0.4, 0.5) is 4.79 Å². The number of hydrogen-bond donors (Lipinski definition) is 2. The zero-order valence-electron chi connectivity index (χ0n) is 12.1. The number of benzene rings is 1. The van der Waals surface area contributed by atoms with Gasteiger partial charge in [-0.2, -0.15) is 0 Å². The smallest absolute Gasteiger partial charge is 0.312 e. The molecule has 0 unspecified atom stereocenters. The van der Waals surface area contributed by atoms with E-state index in [1.807, 2.05) is 0 Å². The third kappa shape index (κ3) is 3.71. The minimum atomic E-state index is -0.458. The molecule has 0 aliphatic carbocycles. The van der Waals surface area contributed by atoms with Gasteiger partial charge in [0.2, 0.25) is 0 Å². The van der Waals surface area contributed by atoms with Crippen LogP contribution in [0.5, 0.6) is 0 Å². The predicted octanol–water partition coefficient (Wildman–Crippen LogP) is 1.08. The summed E-state index contributed by atoms with van der Waals surface area (Å²) in [5.41, 5.74) is 7.77. The fourth-order valence-electron chi connectivity index (χ4n) is 2.77. The number of ether oxygens (including phenoxy) is 1. The van der Waals surface area contributed by atoms with E-state index in [9.17, 15) is 4.79 Å². The molecule has 5 nitrogen and oxygen atoms in total. The molecule has 0 spiro atoms. The van der Waals surface area contributed by atoms with Crippen LogP contribution in [0.25, 0.3) is 0 Å². The highest BCUT2D eigenvalue weighted by Crippen LogP contribution is 2.27. The first-order valence-corrected chi connectivity index (χ1v) is 6.94. The average molecular weight is 277 g/mol. The third-order valence-corrected chi connectivity index (χ3v) is 3.84. The van der Waals surface area contributed by atoms with E-state index in [-0.39, 0.29) is 12.0 Å². The molecule has 1 aliphatic heterocycles. The van der Waals surface area contributed by atoms with E-state index in [1.54, 1.807) is 7.11 Å². The summed E-state index contributed by atoms with van der Waals surface area (Å²) in [4.78, 5) is 13.5. The van der Waals surface area contributed by atoms with Crippen molar-refractivity contribution in [2.75, 3.05) is 33.4 Å². The van der Waals surface area contributed by atoms with Crippen LogP contribution in [0.1, 0.15) is 17.0 Å². The van der Waals surface area contributed by atoms with Crippen LogP contribution in [0, 0.1) is 6.92 Å². The highest BCUT2D eigenvalue weighted by Gasteiger charge is 2.34. The summed E-state index contributed by atoms with van der Waals surface area (Å²) in [5.74, 6) is 0.278. The number of carbonyl (C=O) groups excluding carboxylic acids is 1. The van der Waals surface area contributed by atoms with E-state index in [1.165, 1.54) is 11.1 Å². The van der Waals surface area contributed by atoms with Crippen LogP contribution in [-0.4, -0.2) is 50.3 Å². The number of primary amides is 1. The van der Waals surface area contributed by atoms with Crippen LogP contribution in [0.2, 0.25) is 0 Å². The zero-order chi connectivity index (χ0) is 14.5. The molecule has 2 atom stereocenters. The second-order valence-electron chi connectivity index (χ2n) is 5.38. The Hall–Kier alpha value is -1.59. The molecule has 1 aliphatic rings. The van der Waals surface area contributed by atoms with Gasteiger partial charge in [-0.15, -0.1) is 0 Å². The summed E-state index contributed by atoms with van der Waals surface area (Å²) in [7, 11) is 1.70. The van der Waals surface area contributed by atoms with Crippen molar-refractivity contribution in [3.05, 3.63) is 35.4 Å². The monoisotopic (exact) mass is 277 g/mol.